The maximum Gasteiger partial charge on any atom is 0.261 e. The van der Waals surface area contributed by atoms with Crippen molar-refractivity contribution >= 4 is 44.1 Å². The van der Waals surface area contributed by atoms with Crippen LogP contribution in [0, 0.1) is 6.92 Å². The van der Waals surface area contributed by atoms with Crippen molar-refractivity contribution in [2.45, 2.75) is 32.2 Å². The Hall–Kier alpha value is -2.75. The Morgan fingerprint density at radius 3 is 2.52 bits per heavy atom. The van der Waals surface area contributed by atoms with Gasteiger partial charge in [-0.3, -0.25) is 14.2 Å². The topological polar surface area (TPSA) is 101 Å². The van der Waals surface area contributed by atoms with Crippen molar-refractivity contribution in [3.8, 4) is 0 Å². The van der Waals surface area contributed by atoms with Crippen LogP contribution in [0.2, 0.25) is 5.02 Å². The number of carbonyl (C=O) groups excluding carboxylic acids is 1. The summed E-state index contributed by atoms with van der Waals surface area (Å²) >= 11 is 6.18. The molecule has 10 heteroatoms. The monoisotopic (exact) mass is 462 g/mol. The Morgan fingerprint density at radius 2 is 1.84 bits per heavy atom. The lowest BCUT2D eigenvalue weighted by molar-refractivity contribution is -0.116. The highest BCUT2D eigenvalue weighted by Crippen LogP contribution is 2.27. The summed E-state index contributed by atoms with van der Waals surface area (Å²) < 4.78 is 28.1. The van der Waals surface area contributed by atoms with Crippen LogP contribution in [0.3, 0.4) is 0 Å². The highest BCUT2D eigenvalue weighted by molar-refractivity contribution is 7.89. The minimum absolute atomic E-state index is 0.0246. The predicted molar refractivity (Wildman–Crippen MR) is 121 cm³/mol. The number of anilines is 1. The summed E-state index contributed by atoms with van der Waals surface area (Å²) in [6, 6.07) is 11.0. The number of aryl methyl sites for hydroxylation is 1. The molecule has 8 nitrogen and oxygen atoms in total. The SMILES string of the molecule is CCN(CC)S(=O)(=O)c1ccc(Cl)c(NC(=O)Cn2c(C)nc3ccccc3c2=O)c1. The van der Waals surface area contributed by atoms with Gasteiger partial charge in [0, 0.05) is 13.1 Å². The third-order valence-corrected chi connectivity index (χ3v) is 7.28. The first-order valence-electron chi connectivity index (χ1n) is 9.74. The molecule has 1 aromatic heterocycles. The summed E-state index contributed by atoms with van der Waals surface area (Å²) in [6.45, 7) is 5.49. The summed E-state index contributed by atoms with van der Waals surface area (Å²) in [5.74, 6) is -0.135. The lowest BCUT2D eigenvalue weighted by atomic mass is 10.2. The van der Waals surface area contributed by atoms with Gasteiger partial charge in [-0.2, -0.15) is 4.31 Å². The van der Waals surface area contributed by atoms with E-state index < -0.39 is 15.9 Å². The third-order valence-electron chi connectivity index (χ3n) is 4.91. The highest BCUT2D eigenvalue weighted by atomic mass is 35.5. The molecule has 0 bridgehead atoms. The molecule has 31 heavy (non-hydrogen) atoms. The second kappa shape index (κ2) is 9.17. The molecule has 0 radical (unpaired) electrons. The van der Waals surface area contributed by atoms with Gasteiger partial charge in [-0.1, -0.05) is 37.6 Å². The lowest BCUT2D eigenvalue weighted by Gasteiger charge is -2.19. The van der Waals surface area contributed by atoms with Gasteiger partial charge in [0.15, 0.2) is 0 Å². The van der Waals surface area contributed by atoms with Crippen LogP contribution in [-0.4, -0.2) is 41.3 Å². The summed E-state index contributed by atoms with van der Waals surface area (Å²) in [5.41, 5.74) is 0.376. The number of sulfonamides is 1. The molecule has 1 N–H and O–H groups in total. The minimum atomic E-state index is -3.71. The van der Waals surface area contributed by atoms with Gasteiger partial charge in [-0.05, 0) is 37.3 Å². The largest absolute Gasteiger partial charge is 0.323 e. The predicted octanol–water partition coefficient (Wildman–Crippen LogP) is 3.03. The van der Waals surface area contributed by atoms with E-state index in [2.05, 4.69) is 10.3 Å². The van der Waals surface area contributed by atoms with Crippen LogP contribution in [0.25, 0.3) is 10.9 Å². The number of carbonyl (C=O) groups is 1. The summed E-state index contributed by atoms with van der Waals surface area (Å²) in [7, 11) is -3.71. The van der Waals surface area contributed by atoms with Crippen LogP contribution in [0.4, 0.5) is 5.69 Å². The number of benzene rings is 2. The second-order valence-electron chi connectivity index (χ2n) is 6.85. The van der Waals surface area contributed by atoms with Crippen molar-refractivity contribution < 1.29 is 13.2 Å². The van der Waals surface area contributed by atoms with E-state index in [9.17, 15) is 18.0 Å². The molecule has 2 aromatic carbocycles. The van der Waals surface area contributed by atoms with Crippen LogP contribution in [-0.2, 0) is 21.4 Å². The molecule has 0 saturated heterocycles. The molecule has 0 aliphatic rings. The van der Waals surface area contributed by atoms with Crippen molar-refractivity contribution in [1.82, 2.24) is 13.9 Å². The summed E-state index contributed by atoms with van der Waals surface area (Å²) in [4.78, 5) is 29.8. The van der Waals surface area contributed by atoms with Crippen LogP contribution in [0.1, 0.15) is 19.7 Å². The number of hydrogen-bond donors (Lipinski definition) is 1. The fourth-order valence-electron chi connectivity index (χ4n) is 3.27. The number of para-hydroxylation sites is 1. The molecule has 0 aliphatic carbocycles. The number of nitrogens with zero attached hydrogens (tertiary/aromatic N) is 3. The molecule has 164 valence electrons. The molecule has 3 aromatic rings. The third kappa shape index (κ3) is 4.63. The smallest absolute Gasteiger partial charge is 0.261 e. The summed E-state index contributed by atoms with van der Waals surface area (Å²) in [6.07, 6.45) is 0. The van der Waals surface area contributed by atoms with Crippen LogP contribution in [0.5, 0.6) is 0 Å². The molecule has 0 atom stereocenters. The Kier molecular flexibility index (Phi) is 6.78. The Bertz CT molecular complexity index is 1300. The van der Waals surface area contributed by atoms with Crippen LogP contribution in [0.15, 0.2) is 52.2 Å². The van der Waals surface area contributed by atoms with Gasteiger partial charge in [0.05, 0.1) is 26.5 Å². The Balaban J connectivity index is 1.90. The van der Waals surface area contributed by atoms with Gasteiger partial charge in [-0.25, -0.2) is 13.4 Å². The molecule has 0 unspecified atom stereocenters. The second-order valence-corrected chi connectivity index (χ2v) is 9.19. The van der Waals surface area contributed by atoms with E-state index in [0.29, 0.717) is 29.8 Å². The van der Waals surface area contributed by atoms with Crippen molar-refractivity contribution in [1.29, 1.82) is 0 Å². The fraction of sp³-hybridized carbons (Fsp3) is 0.286. The standard InChI is InChI=1S/C21H23ClN4O4S/c1-4-25(5-2)31(29,30)15-10-11-17(22)19(12-15)24-20(27)13-26-14(3)23-18-9-7-6-8-16(18)21(26)28/h6-12H,4-5,13H2,1-3H3,(H,24,27). The number of nitrogens with one attached hydrogen (secondary N) is 1. The number of aromatic nitrogens is 2. The maximum absolute atomic E-state index is 12.8. The molecule has 0 fully saturated rings. The van der Waals surface area contributed by atoms with E-state index in [-0.39, 0.29) is 27.7 Å². The van der Waals surface area contributed by atoms with Crippen molar-refractivity contribution in [2.24, 2.45) is 0 Å². The van der Waals surface area contributed by atoms with E-state index in [0.717, 1.165) is 0 Å². The molecule has 0 aliphatic heterocycles. The molecule has 1 amide bonds. The molecule has 0 spiro atoms. The number of amides is 1. The zero-order valence-corrected chi connectivity index (χ0v) is 19.0. The number of fused-ring (bicyclic) bond motifs is 1. The van der Waals surface area contributed by atoms with E-state index in [1.165, 1.54) is 27.1 Å². The summed E-state index contributed by atoms with van der Waals surface area (Å²) in [5, 5.41) is 3.20. The van der Waals surface area contributed by atoms with Gasteiger partial charge in [0.2, 0.25) is 15.9 Å². The number of halogens is 1. The first-order valence-corrected chi connectivity index (χ1v) is 11.6. The molecule has 1 heterocycles. The van der Waals surface area contributed by atoms with Crippen molar-refractivity contribution in [3.63, 3.8) is 0 Å². The van der Waals surface area contributed by atoms with Crippen LogP contribution >= 0.6 is 11.6 Å². The average molecular weight is 463 g/mol. The van der Waals surface area contributed by atoms with E-state index in [1.807, 2.05) is 0 Å². The normalized spacial score (nSPS) is 11.8. The van der Waals surface area contributed by atoms with E-state index >= 15 is 0 Å². The fourth-order valence-corrected chi connectivity index (χ4v) is 4.92. The minimum Gasteiger partial charge on any atom is -0.323 e. The number of hydrogen-bond acceptors (Lipinski definition) is 5. The van der Waals surface area contributed by atoms with Crippen LogP contribution < -0.4 is 10.9 Å². The van der Waals surface area contributed by atoms with E-state index in [4.69, 9.17) is 11.6 Å². The first-order chi connectivity index (χ1) is 14.7. The van der Waals surface area contributed by atoms with Crippen molar-refractivity contribution in [2.75, 3.05) is 18.4 Å². The van der Waals surface area contributed by atoms with Gasteiger partial charge >= 0.3 is 0 Å². The van der Waals surface area contributed by atoms with Gasteiger partial charge in [-0.15, -0.1) is 0 Å². The molecular formula is C21H23ClN4O4S. The Morgan fingerprint density at radius 1 is 1.16 bits per heavy atom. The van der Waals surface area contributed by atoms with Gasteiger partial charge in [0.1, 0.15) is 12.4 Å². The van der Waals surface area contributed by atoms with Gasteiger partial charge < -0.3 is 5.32 Å². The van der Waals surface area contributed by atoms with E-state index in [1.54, 1.807) is 45.0 Å². The van der Waals surface area contributed by atoms with Gasteiger partial charge in [0.25, 0.3) is 5.56 Å². The first kappa shape index (κ1) is 22.9. The molecule has 0 saturated carbocycles. The van der Waals surface area contributed by atoms with Crippen molar-refractivity contribution in [3.05, 3.63) is 63.7 Å². The quantitative estimate of drug-likeness (QED) is 0.581. The zero-order valence-electron chi connectivity index (χ0n) is 17.4. The average Bonchev–Trinajstić information content (AvgIpc) is 2.73. The number of rotatable bonds is 7. The highest BCUT2D eigenvalue weighted by Gasteiger charge is 2.23. The zero-order chi connectivity index (χ0) is 22.8. The maximum atomic E-state index is 12.8. The Labute approximate surface area is 185 Å². The molecular weight excluding hydrogens is 440 g/mol. The lowest BCUT2D eigenvalue weighted by Crippen LogP contribution is -2.31. The molecule has 3 rings (SSSR count).